The van der Waals surface area contributed by atoms with Crippen LogP contribution in [-0.4, -0.2) is 30.7 Å². The second-order valence-corrected chi connectivity index (χ2v) is 6.70. The Bertz CT molecular complexity index is 484. The van der Waals surface area contributed by atoms with E-state index in [4.69, 9.17) is 0 Å². The van der Waals surface area contributed by atoms with Gasteiger partial charge in [-0.25, -0.2) is 18.1 Å². The molecule has 0 fully saturated rings. The van der Waals surface area contributed by atoms with Gasteiger partial charge in [-0.1, -0.05) is 13.8 Å². The van der Waals surface area contributed by atoms with E-state index in [0.717, 1.165) is 0 Å². The molecule has 0 aliphatic carbocycles. The molecule has 0 bridgehead atoms. The van der Waals surface area contributed by atoms with Gasteiger partial charge in [0.05, 0.1) is 5.60 Å². The van der Waals surface area contributed by atoms with E-state index in [-0.39, 0.29) is 11.6 Å². The summed E-state index contributed by atoms with van der Waals surface area (Å²) in [6, 6.07) is 3.01. The van der Waals surface area contributed by atoms with E-state index in [1.54, 1.807) is 6.07 Å². The quantitative estimate of drug-likeness (QED) is 0.828. The van der Waals surface area contributed by atoms with Crippen molar-refractivity contribution in [1.29, 1.82) is 0 Å². The molecule has 102 valence electrons. The number of halogens is 1. The minimum atomic E-state index is -3.67. The molecule has 0 spiro atoms. The van der Waals surface area contributed by atoms with Gasteiger partial charge in [0, 0.05) is 17.2 Å². The maximum absolute atomic E-state index is 11.9. The van der Waals surface area contributed by atoms with Gasteiger partial charge in [0.1, 0.15) is 0 Å². The van der Waals surface area contributed by atoms with Crippen molar-refractivity contribution in [3.8, 4) is 0 Å². The molecule has 0 aromatic carbocycles. The highest BCUT2D eigenvalue weighted by molar-refractivity contribution is 9.10. The highest BCUT2D eigenvalue weighted by Crippen LogP contribution is 2.15. The van der Waals surface area contributed by atoms with E-state index < -0.39 is 15.6 Å². The summed E-state index contributed by atoms with van der Waals surface area (Å²) in [5.74, 6) is 0. The van der Waals surface area contributed by atoms with E-state index in [1.165, 1.54) is 12.3 Å². The van der Waals surface area contributed by atoms with Crippen LogP contribution >= 0.6 is 15.9 Å². The maximum atomic E-state index is 11.9. The Labute approximate surface area is 116 Å². The van der Waals surface area contributed by atoms with Gasteiger partial charge in [0.15, 0.2) is 5.03 Å². The number of hydrogen-bond acceptors (Lipinski definition) is 4. The van der Waals surface area contributed by atoms with E-state index in [1.807, 2.05) is 13.8 Å². The Balaban J connectivity index is 2.80. The summed E-state index contributed by atoms with van der Waals surface area (Å²) in [4.78, 5) is 3.82. The van der Waals surface area contributed by atoms with Gasteiger partial charge in [-0.15, -0.1) is 0 Å². The summed E-state index contributed by atoms with van der Waals surface area (Å²) < 4.78 is 26.9. The number of aliphatic hydroxyl groups is 1. The fourth-order valence-corrected chi connectivity index (χ4v) is 2.60. The van der Waals surface area contributed by atoms with Crippen LogP contribution < -0.4 is 4.72 Å². The Morgan fingerprint density at radius 3 is 2.44 bits per heavy atom. The molecule has 0 unspecified atom stereocenters. The average molecular weight is 337 g/mol. The summed E-state index contributed by atoms with van der Waals surface area (Å²) in [5, 5.41) is 9.97. The zero-order valence-corrected chi connectivity index (χ0v) is 12.8. The van der Waals surface area contributed by atoms with Gasteiger partial charge in [0.2, 0.25) is 0 Å². The lowest BCUT2D eigenvalue weighted by molar-refractivity contribution is 0.0377. The van der Waals surface area contributed by atoms with Gasteiger partial charge in [-0.3, -0.25) is 0 Å². The second kappa shape index (κ2) is 6.10. The summed E-state index contributed by atoms with van der Waals surface area (Å²) in [7, 11) is -3.67. The molecule has 0 atom stereocenters. The molecular weight excluding hydrogens is 320 g/mol. The van der Waals surface area contributed by atoms with Gasteiger partial charge >= 0.3 is 0 Å². The molecule has 2 N–H and O–H groups in total. The van der Waals surface area contributed by atoms with Crippen molar-refractivity contribution in [2.75, 3.05) is 6.54 Å². The topological polar surface area (TPSA) is 79.3 Å². The summed E-state index contributed by atoms with van der Waals surface area (Å²) in [5.41, 5.74) is -1.01. The molecule has 7 heteroatoms. The van der Waals surface area contributed by atoms with Gasteiger partial charge in [0.25, 0.3) is 10.0 Å². The number of pyridine rings is 1. The molecule has 1 aromatic rings. The maximum Gasteiger partial charge on any atom is 0.258 e. The summed E-state index contributed by atoms with van der Waals surface area (Å²) in [6.45, 7) is 3.62. The van der Waals surface area contributed by atoms with Crippen molar-refractivity contribution >= 4 is 26.0 Å². The molecule has 1 heterocycles. The summed E-state index contributed by atoms with van der Waals surface area (Å²) >= 11 is 3.19. The van der Waals surface area contributed by atoms with Crippen molar-refractivity contribution in [1.82, 2.24) is 9.71 Å². The zero-order valence-electron chi connectivity index (χ0n) is 10.4. The standard InChI is InChI=1S/C11H17BrN2O3S/c1-3-11(15,4-2)8-14-18(16,17)10-6-5-9(12)7-13-10/h5-7,14-15H,3-4,8H2,1-2H3. The first-order valence-corrected chi connectivity index (χ1v) is 7.94. The largest absolute Gasteiger partial charge is 0.389 e. The zero-order chi connectivity index (χ0) is 13.8. The Morgan fingerprint density at radius 1 is 1.39 bits per heavy atom. The first kappa shape index (κ1) is 15.6. The van der Waals surface area contributed by atoms with E-state index in [2.05, 4.69) is 25.6 Å². The van der Waals surface area contributed by atoms with Crippen molar-refractivity contribution in [3.05, 3.63) is 22.8 Å². The molecule has 0 aliphatic rings. The Morgan fingerprint density at radius 2 is 2.00 bits per heavy atom. The molecule has 5 nitrogen and oxygen atoms in total. The lowest BCUT2D eigenvalue weighted by Gasteiger charge is -2.25. The molecule has 0 aliphatic heterocycles. The summed E-state index contributed by atoms with van der Waals surface area (Å²) in [6.07, 6.45) is 2.39. The van der Waals surface area contributed by atoms with Crippen LogP contribution in [0.3, 0.4) is 0 Å². The molecule has 0 amide bonds. The molecular formula is C11H17BrN2O3S. The van der Waals surface area contributed by atoms with Gasteiger partial charge < -0.3 is 5.11 Å². The van der Waals surface area contributed by atoms with Crippen LogP contribution in [0.1, 0.15) is 26.7 Å². The van der Waals surface area contributed by atoms with Crippen LogP contribution in [0.15, 0.2) is 27.8 Å². The highest BCUT2D eigenvalue weighted by Gasteiger charge is 2.25. The first-order chi connectivity index (χ1) is 8.33. The lowest BCUT2D eigenvalue weighted by atomic mass is 9.98. The van der Waals surface area contributed by atoms with Crippen molar-refractivity contribution in [2.24, 2.45) is 0 Å². The van der Waals surface area contributed by atoms with E-state index >= 15 is 0 Å². The highest BCUT2D eigenvalue weighted by atomic mass is 79.9. The first-order valence-electron chi connectivity index (χ1n) is 5.66. The SMILES string of the molecule is CCC(O)(CC)CNS(=O)(=O)c1ccc(Br)cn1. The normalized spacial score (nSPS) is 12.7. The Hall–Kier alpha value is -0.500. The minimum absolute atomic E-state index is 0.0138. The third-order valence-electron chi connectivity index (χ3n) is 2.88. The van der Waals surface area contributed by atoms with Crippen molar-refractivity contribution in [2.45, 2.75) is 37.3 Å². The smallest absolute Gasteiger partial charge is 0.258 e. The number of rotatable bonds is 6. The van der Waals surface area contributed by atoms with Crippen LogP contribution in [0, 0.1) is 0 Å². The number of nitrogens with one attached hydrogen (secondary N) is 1. The van der Waals surface area contributed by atoms with Gasteiger partial charge in [-0.2, -0.15) is 0 Å². The van der Waals surface area contributed by atoms with Crippen LogP contribution in [0.5, 0.6) is 0 Å². The van der Waals surface area contributed by atoms with E-state index in [0.29, 0.717) is 17.3 Å². The van der Waals surface area contributed by atoms with Crippen molar-refractivity contribution in [3.63, 3.8) is 0 Å². The lowest BCUT2D eigenvalue weighted by Crippen LogP contribution is -2.42. The fourth-order valence-electron chi connectivity index (χ4n) is 1.32. The predicted molar refractivity (Wildman–Crippen MR) is 72.7 cm³/mol. The molecule has 18 heavy (non-hydrogen) atoms. The molecule has 0 radical (unpaired) electrons. The fraction of sp³-hybridized carbons (Fsp3) is 0.545. The molecule has 0 saturated carbocycles. The third-order valence-corrected chi connectivity index (χ3v) is 4.67. The number of nitrogens with zero attached hydrogens (tertiary/aromatic N) is 1. The van der Waals surface area contributed by atoms with Crippen molar-refractivity contribution < 1.29 is 13.5 Å². The van der Waals surface area contributed by atoms with Crippen LogP contribution in [0.25, 0.3) is 0 Å². The number of hydrogen-bond donors (Lipinski definition) is 2. The van der Waals surface area contributed by atoms with Crippen LogP contribution in [0.4, 0.5) is 0 Å². The number of sulfonamides is 1. The molecule has 0 saturated heterocycles. The van der Waals surface area contributed by atoms with Crippen LogP contribution in [-0.2, 0) is 10.0 Å². The molecule has 1 rings (SSSR count). The minimum Gasteiger partial charge on any atom is -0.389 e. The molecule has 1 aromatic heterocycles. The van der Waals surface area contributed by atoms with Crippen LogP contribution in [0.2, 0.25) is 0 Å². The average Bonchev–Trinajstić information content (AvgIpc) is 2.37. The third kappa shape index (κ3) is 4.01. The monoisotopic (exact) mass is 336 g/mol. The Kier molecular flexibility index (Phi) is 5.27. The number of aromatic nitrogens is 1. The second-order valence-electron chi connectivity index (χ2n) is 4.07. The predicted octanol–water partition coefficient (Wildman–Crippen LogP) is 1.67. The van der Waals surface area contributed by atoms with Gasteiger partial charge in [-0.05, 0) is 40.9 Å². The van der Waals surface area contributed by atoms with E-state index in [9.17, 15) is 13.5 Å².